The number of nitrogens with zero attached hydrogens (tertiary/aromatic N) is 8. The first-order valence-electron chi connectivity index (χ1n) is 29.1. The van der Waals surface area contributed by atoms with Crippen LogP contribution in [0.1, 0.15) is 158 Å². The van der Waals surface area contributed by atoms with Crippen molar-refractivity contribution in [3.8, 4) is 91.5 Å². The smallest absolute Gasteiger partial charge is 0.448 e. The number of benzene rings is 4. The van der Waals surface area contributed by atoms with Crippen LogP contribution in [0.15, 0.2) is 48.5 Å². The first-order valence-corrected chi connectivity index (χ1v) is 29.1. The van der Waals surface area contributed by atoms with Crippen molar-refractivity contribution in [3.63, 3.8) is 0 Å². The number of hydrogen-bond acceptors (Lipinski definition) is 14. The quantitative estimate of drug-likeness (QED) is 0.131. The Labute approximate surface area is 482 Å². The van der Waals surface area contributed by atoms with Crippen molar-refractivity contribution in [3.05, 3.63) is 48.5 Å². The van der Waals surface area contributed by atoms with E-state index in [2.05, 4.69) is 55.4 Å². The molecule has 0 amide bonds. The largest absolute Gasteiger partial charge is 2.00 e. The third kappa shape index (κ3) is 7.88. The molecule has 4 fully saturated rings. The van der Waals surface area contributed by atoms with Crippen LogP contribution in [0.5, 0.6) is 46.0 Å². The van der Waals surface area contributed by atoms with Gasteiger partial charge in [-0.15, -0.1) is 0 Å². The molecule has 4 aliphatic carbocycles. The average molecular weight is 1140 g/mol. The van der Waals surface area contributed by atoms with Gasteiger partial charge in [0.15, 0.2) is 46.0 Å². The summed E-state index contributed by atoms with van der Waals surface area (Å²) in [6.45, 7) is 18.5. The van der Waals surface area contributed by atoms with Crippen molar-refractivity contribution in [1.82, 2.24) is 39.9 Å². The summed E-state index contributed by atoms with van der Waals surface area (Å²) in [7, 11) is 0. The van der Waals surface area contributed by atoms with E-state index in [0.717, 1.165) is 147 Å². The maximum Gasteiger partial charge on any atom is 2.00 e. The summed E-state index contributed by atoms with van der Waals surface area (Å²) >= 11 is 0. The van der Waals surface area contributed by atoms with Crippen molar-refractivity contribution < 1.29 is 57.4 Å². The van der Waals surface area contributed by atoms with Gasteiger partial charge in [0, 0.05) is 96.2 Å². The Kier molecular flexibility index (Phi) is 10.1. The van der Waals surface area contributed by atoms with Crippen LogP contribution >= 0.6 is 0 Å². The van der Waals surface area contributed by atoms with Crippen LogP contribution in [0.3, 0.4) is 0 Å². The molecule has 17 heteroatoms. The second-order valence-corrected chi connectivity index (χ2v) is 28.0. The monoisotopic (exact) mass is 1140 g/mol. The number of hydrogen-bond donors (Lipinski definition) is 0. The molecule has 9 heterocycles. The molecule has 7 aromatic rings. The van der Waals surface area contributed by atoms with Gasteiger partial charge in [0.05, 0.1) is 23.3 Å². The van der Waals surface area contributed by atoms with E-state index in [1.165, 1.54) is 0 Å². The second kappa shape index (κ2) is 16.3. The average Bonchev–Trinajstić information content (AvgIpc) is 4.43. The van der Waals surface area contributed by atoms with Gasteiger partial charge in [0.1, 0.15) is 0 Å². The van der Waals surface area contributed by atoms with Gasteiger partial charge in [-0.05, 0) is 143 Å². The molecule has 10 aliphatic rings. The summed E-state index contributed by atoms with van der Waals surface area (Å²) in [5.41, 5.74) is 5.36. The number of ether oxygens (including phenoxy) is 8. The molecule has 0 unspecified atom stereocenters. The Morgan fingerprint density at radius 3 is 0.654 bits per heavy atom. The van der Waals surface area contributed by atoms with Crippen LogP contribution in [0, 0.1) is 21.7 Å². The molecule has 0 N–H and O–H groups in total. The Morgan fingerprint density at radius 1 is 0.272 bits per heavy atom. The fourth-order valence-corrected chi connectivity index (χ4v) is 14.1. The van der Waals surface area contributed by atoms with Crippen molar-refractivity contribution in [2.75, 3.05) is 0 Å². The maximum absolute atomic E-state index is 6.84. The fraction of sp³-hybridized carbons (Fsp3) is 0.500. The first kappa shape index (κ1) is 50.0. The van der Waals surface area contributed by atoms with Gasteiger partial charge in [-0.2, -0.15) is 0 Å². The van der Waals surface area contributed by atoms with E-state index in [1.54, 1.807) is 0 Å². The van der Waals surface area contributed by atoms with Crippen molar-refractivity contribution >= 4 is 44.1 Å². The molecular weight excluding hydrogens is 1070 g/mol. The van der Waals surface area contributed by atoms with Crippen LogP contribution in [-0.2, 0) is 19.5 Å². The Bertz CT molecular complexity index is 3620. The van der Waals surface area contributed by atoms with Crippen molar-refractivity contribution in [2.24, 2.45) is 21.7 Å². The third-order valence-electron chi connectivity index (χ3n) is 19.8. The van der Waals surface area contributed by atoms with Gasteiger partial charge >= 0.3 is 19.5 Å². The fourth-order valence-electron chi connectivity index (χ4n) is 14.1. The molecule has 0 atom stereocenters. The zero-order valence-corrected chi connectivity index (χ0v) is 50.5. The molecule has 4 spiro atoms. The topological polar surface area (TPSA) is 179 Å². The molecule has 410 valence electrons. The van der Waals surface area contributed by atoms with Gasteiger partial charge in [-0.25, -0.2) is 9.97 Å². The van der Waals surface area contributed by atoms with Crippen LogP contribution in [0.25, 0.3) is 89.7 Å². The summed E-state index contributed by atoms with van der Waals surface area (Å²) in [6.07, 6.45) is 14.1. The molecule has 0 saturated heterocycles. The molecule has 4 saturated carbocycles. The zero-order valence-electron chi connectivity index (χ0n) is 47.5. The summed E-state index contributed by atoms with van der Waals surface area (Å²) in [5.74, 6) is 3.80. The molecule has 3 aromatic heterocycles. The SMILES string of the molecule is CC1(C)CCC2(CC1)Oc1cc3c(cc1O2)-c1nc-3nc2[n-]c(nc3nc(nc4[n-]c(n1)c1cc5c(cc41)OC1(CCC(C)(C)CC1)O5)-c1cc4c(cc1-3)OC1(CCC(C)(C)CC1)O4)c1cc3c(cc21)OC1(CCC(C)(C)CC1)O3.[Zn+2]. The summed E-state index contributed by atoms with van der Waals surface area (Å²) in [4.78, 5) is 42.6. The molecule has 16 nitrogen and oxygen atoms in total. The van der Waals surface area contributed by atoms with E-state index >= 15 is 0 Å². The molecule has 6 aliphatic heterocycles. The molecule has 4 aromatic carbocycles. The predicted octanol–water partition coefficient (Wildman–Crippen LogP) is 14.4. The van der Waals surface area contributed by atoms with E-state index in [9.17, 15) is 0 Å². The minimum atomic E-state index is -0.752. The van der Waals surface area contributed by atoms with Gasteiger partial charge in [-0.1, -0.05) is 55.4 Å². The van der Waals surface area contributed by atoms with E-state index in [0.29, 0.717) is 91.9 Å². The number of fused-ring (bicyclic) bond motifs is 24. The summed E-state index contributed by atoms with van der Waals surface area (Å²) < 4.78 is 54.7. The number of aromatic nitrogens is 8. The maximum atomic E-state index is 6.84. The Morgan fingerprint density at radius 2 is 0.457 bits per heavy atom. The first-order chi connectivity index (χ1) is 38.1. The molecule has 0 radical (unpaired) electrons. The minimum Gasteiger partial charge on any atom is -0.448 e. The zero-order chi connectivity index (χ0) is 54.1. The number of rotatable bonds is 0. The second-order valence-electron chi connectivity index (χ2n) is 28.0. The van der Waals surface area contributed by atoms with E-state index in [-0.39, 0.29) is 41.1 Å². The molecule has 17 rings (SSSR count). The van der Waals surface area contributed by atoms with Crippen LogP contribution in [0.4, 0.5) is 0 Å². The summed E-state index contributed by atoms with van der Waals surface area (Å²) in [5, 5.41) is 2.91. The molecule has 8 bridgehead atoms. The van der Waals surface area contributed by atoms with Crippen molar-refractivity contribution in [1.29, 1.82) is 0 Å². The summed E-state index contributed by atoms with van der Waals surface area (Å²) in [6, 6.07) is 16.0. The molecular formula is C64H64N8O8Zn. The van der Waals surface area contributed by atoms with Crippen LogP contribution in [0.2, 0.25) is 0 Å². The third-order valence-corrected chi connectivity index (χ3v) is 19.8. The molecule has 81 heavy (non-hydrogen) atoms. The standard InChI is InChI=1S/C64H64N8O8.Zn/c1-57(2)9-17-61(18-10-57)73-41-25-33-34(26-42(41)74-61)50-65-49(33)69-51-35-27-43-45(77-62(75-43)19-11-58(3,4)12-20-62)29-37(35)53(66-51)71-55-39-31-47-48(80-64(79-47)23-15-60(7,8)16-24-64)32-40(39)56(68-55)72-54-38-30-46-44(28-36(38)52(67-54)70-50)76-63(78-46)21-13-59(5,6)14-22-63;/h25-32H,9-24H2,1-8H3;/q-2;+2. The van der Waals surface area contributed by atoms with E-state index in [4.69, 9.17) is 77.8 Å². The van der Waals surface area contributed by atoms with Crippen LogP contribution in [-0.4, -0.2) is 53.1 Å². The van der Waals surface area contributed by atoms with E-state index < -0.39 is 23.1 Å². The van der Waals surface area contributed by atoms with E-state index in [1.807, 2.05) is 48.5 Å². The van der Waals surface area contributed by atoms with Crippen molar-refractivity contribution in [2.45, 2.75) is 181 Å². The van der Waals surface area contributed by atoms with Gasteiger partial charge in [-0.3, -0.25) is 0 Å². The Hall–Kier alpha value is -6.74. The predicted molar refractivity (Wildman–Crippen MR) is 299 cm³/mol. The normalized spacial score (nSPS) is 23.0. The Balaban J connectivity index is 0.00000542. The van der Waals surface area contributed by atoms with Gasteiger partial charge in [0.2, 0.25) is 0 Å². The minimum absolute atomic E-state index is 0. The van der Waals surface area contributed by atoms with Gasteiger partial charge in [0.25, 0.3) is 23.1 Å². The van der Waals surface area contributed by atoms with Gasteiger partial charge < -0.3 is 67.8 Å². The van der Waals surface area contributed by atoms with Crippen LogP contribution < -0.4 is 47.9 Å².